The quantitative estimate of drug-likeness (QED) is 0.350. The van der Waals surface area contributed by atoms with Crippen molar-refractivity contribution in [2.24, 2.45) is 0 Å². The summed E-state index contributed by atoms with van der Waals surface area (Å²) in [5.74, 6) is -5.34. The van der Waals surface area contributed by atoms with Gasteiger partial charge in [0.2, 0.25) is 0 Å². The van der Waals surface area contributed by atoms with Gasteiger partial charge in [0.05, 0.1) is 6.61 Å². The zero-order valence-electron chi connectivity index (χ0n) is 19.0. The molecule has 0 saturated heterocycles. The van der Waals surface area contributed by atoms with Gasteiger partial charge in [-0.1, -0.05) is 30.3 Å². The van der Waals surface area contributed by atoms with Crippen molar-refractivity contribution < 1.29 is 52.8 Å². The summed E-state index contributed by atoms with van der Waals surface area (Å²) in [6.07, 6.45) is -6.59. The average molecular weight is 468 g/mol. The molecule has 5 atom stereocenters. The SMILES string of the molecule is CC(OCc1ccccc1)C(=O)OC(C)C(=O)O[C@@H](C)C(=O)OC(C)C(=O)O[C@@H](C)C(=O)O. The molecule has 0 aliphatic heterocycles. The van der Waals surface area contributed by atoms with Crippen LogP contribution in [0.2, 0.25) is 0 Å². The number of carboxylic acids is 1. The van der Waals surface area contributed by atoms with Crippen molar-refractivity contribution in [1.29, 1.82) is 0 Å². The average Bonchev–Trinajstić information content (AvgIpc) is 2.77. The number of carboxylic acid groups (broad SMARTS) is 1. The number of rotatable bonds is 12. The van der Waals surface area contributed by atoms with E-state index in [-0.39, 0.29) is 6.61 Å². The van der Waals surface area contributed by atoms with Crippen LogP contribution in [0.1, 0.15) is 40.2 Å². The van der Waals surface area contributed by atoms with Gasteiger partial charge < -0.3 is 28.8 Å². The first kappa shape index (κ1) is 27.6. The minimum absolute atomic E-state index is 0.171. The van der Waals surface area contributed by atoms with Crippen molar-refractivity contribution in [3.8, 4) is 0 Å². The van der Waals surface area contributed by atoms with Gasteiger partial charge in [-0.25, -0.2) is 24.0 Å². The Morgan fingerprint density at radius 3 is 1.39 bits per heavy atom. The molecule has 3 unspecified atom stereocenters. The minimum Gasteiger partial charge on any atom is -0.479 e. The zero-order chi connectivity index (χ0) is 25.1. The molecule has 0 radical (unpaired) electrons. The van der Waals surface area contributed by atoms with E-state index in [0.29, 0.717) is 0 Å². The number of aliphatic carboxylic acids is 1. The third kappa shape index (κ3) is 9.69. The van der Waals surface area contributed by atoms with E-state index in [1.54, 1.807) is 0 Å². The van der Waals surface area contributed by atoms with Crippen LogP contribution in [0, 0.1) is 0 Å². The third-order valence-corrected chi connectivity index (χ3v) is 4.19. The van der Waals surface area contributed by atoms with Gasteiger partial charge in [0.1, 0.15) is 0 Å². The standard InChI is InChI=1S/C22H28O11/c1-12(18(23)24)30-20(26)14(3)32-22(28)16(5)33-21(27)15(4)31-19(25)13(2)29-11-17-9-7-6-8-10-17/h6-10,12-16H,11H2,1-5H3,(H,23,24)/t12-,13?,14?,15?,16-/m0/s1. The highest BCUT2D eigenvalue weighted by Crippen LogP contribution is 2.09. The van der Waals surface area contributed by atoms with Gasteiger partial charge in [0.25, 0.3) is 0 Å². The van der Waals surface area contributed by atoms with E-state index in [9.17, 15) is 24.0 Å². The molecule has 0 aliphatic rings. The van der Waals surface area contributed by atoms with E-state index in [0.717, 1.165) is 12.5 Å². The Morgan fingerprint density at radius 2 is 1.00 bits per heavy atom. The van der Waals surface area contributed by atoms with Crippen LogP contribution in [0.5, 0.6) is 0 Å². The van der Waals surface area contributed by atoms with E-state index in [2.05, 4.69) is 4.74 Å². The molecule has 182 valence electrons. The summed E-state index contributed by atoms with van der Waals surface area (Å²) in [6.45, 7) is 6.40. The molecule has 0 saturated carbocycles. The Labute approximate surface area is 190 Å². The maximum atomic E-state index is 12.1. The van der Waals surface area contributed by atoms with Gasteiger partial charge in [0, 0.05) is 0 Å². The molecule has 1 aromatic carbocycles. The van der Waals surface area contributed by atoms with Crippen LogP contribution in [0.15, 0.2) is 30.3 Å². The fraction of sp³-hybridized carbons (Fsp3) is 0.500. The first-order valence-electron chi connectivity index (χ1n) is 10.1. The Balaban J connectivity index is 2.46. The molecule has 0 amide bonds. The van der Waals surface area contributed by atoms with Gasteiger partial charge in [0.15, 0.2) is 30.5 Å². The lowest BCUT2D eigenvalue weighted by Gasteiger charge is -2.20. The number of hydrogen-bond acceptors (Lipinski definition) is 10. The summed E-state index contributed by atoms with van der Waals surface area (Å²) in [4.78, 5) is 58.7. The monoisotopic (exact) mass is 468 g/mol. The second kappa shape index (κ2) is 13.2. The Hall–Kier alpha value is -3.47. The molecule has 1 rings (SSSR count). The molecule has 0 aromatic heterocycles. The van der Waals surface area contributed by atoms with Gasteiger partial charge in [-0.2, -0.15) is 0 Å². The Kier molecular flexibility index (Phi) is 11.0. The summed E-state index contributed by atoms with van der Waals surface area (Å²) in [6, 6.07) is 9.15. The maximum Gasteiger partial charge on any atom is 0.347 e. The zero-order valence-corrected chi connectivity index (χ0v) is 19.0. The van der Waals surface area contributed by atoms with Gasteiger partial charge in [-0.15, -0.1) is 0 Å². The molecule has 0 heterocycles. The highest BCUT2D eigenvalue weighted by atomic mass is 16.6. The predicted molar refractivity (Wildman–Crippen MR) is 111 cm³/mol. The smallest absolute Gasteiger partial charge is 0.347 e. The topological polar surface area (TPSA) is 152 Å². The molecule has 33 heavy (non-hydrogen) atoms. The van der Waals surface area contributed by atoms with Crippen LogP contribution in [0.25, 0.3) is 0 Å². The Bertz CT molecular complexity index is 836. The number of hydrogen-bond donors (Lipinski definition) is 1. The first-order chi connectivity index (χ1) is 15.4. The van der Waals surface area contributed by atoms with Crippen LogP contribution in [-0.2, 0) is 54.3 Å². The van der Waals surface area contributed by atoms with Gasteiger partial charge >= 0.3 is 29.8 Å². The number of benzene rings is 1. The normalized spacial score (nSPS) is 15.2. The van der Waals surface area contributed by atoms with E-state index in [1.807, 2.05) is 30.3 Å². The van der Waals surface area contributed by atoms with Crippen molar-refractivity contribution in [3.63, 3.8) is 0 Å². The van der Waals surface area contributed by atoms with Crippen molar-refractivity contribution in [2.45, 2.75) is 71.7 Å². The first-order valence-corrected chi connectivity index (χ1v) is 10.1. The lowest BCUT2D eigenvalue weighted by molar-refractivity contribution is -0.185. The molecule has 11 nitrogen and oxygen atoms in total. The van der Waals surface area contributed by atoms with Gasteiger partial charge in [-0.3, -0.25) is 0 Å². The molecule has 0 aliphatic carbocycles. The van der Waals surface area contributed by atoms with Gasteiger partial charge in [-0.05, 0) is 40.2 Å². The highest BCUT2D eigenvalue weighted by molar-refractivity contribution is 5.85. The lowest BCUT2D eigenvalue weighted by Crippen LogP contribution is -2.38. The molecular weight excluding hydrogens is 440 g/mol. The second-order valence-corrected chi connectivity index (χ2v) is 7.09. The molecule has 0 spiro atoms. The molecular formula is C22H28O11. The molecule has 0 bridgehead atoms. The second-order valence-electron chi connectivity index (χ2n) is 7.09. The van der Waals surface area contributed by atoms with Crippen LogP contribution < -0.4 is 0 Å². The minimum atomic E-state index is -1.43. The van der Waals surface area contributed by atoms with Crippen molar-refractivity contribution >= 4 is 29.8 Å². The van der Waals surface area contributed by atoms with Crippen LogP contribution in [0.4, 0.5) is 0 Å². The van der Waals surface area contributed by atoms with Crippen LogP contribution in [-0.4, -0.2) is 65.5 Å². The Morgan fingerprint density at radius 1 is 0.636 bits per heavy atom. The summed E-state index contributed by atoms with van der Waals surface area (Å²) < 4.78 is 24.7. The third-order valence-electron chi connectivity index (χ3n) is 4.19. The lowest BCUT2D eigenvalue weighted by atomic mass is 10.2. The van der Waals surface area contributed by atoms with Crippen molar-refractivity contribution in [3.05, 3.63) is 35.9 Å². The summed E-state index contributed by atoms with van der Waals surface area (Å²) in [5, 5.41) is 8.73. The maximum absolute atomic E-state index is 12.1. The summed E-state index contributed by atoms with van der Waals surface area (Å²) in [7, 11) is 0. The van der Waals surface area contributed by atoms with E-state index < -0.39 is 60.4 Å². The summed E-state index contributed by atoms with van der Waals surface area (Å²) in [5.41, 5.74) is 0.854. The summed E-state index contributed by atoms with van der Waals surface area (Å²) >= 11 is 0. The number of carbonyl (C=O) groups excluding carboxylic acids is 4. The fourth-order valence-corrected chi connectivity index (χ4v) is 2.14. The van der Waals surface area contributed by atoms with Crippen LogP contribution in [0.3, 0.4) is 0 Å². The van der Waals surface area contributed by atoms with Crippen molar-refractivity contribution in [2.75, 3.05) is 0 Å². The van der Waals surface area contributed by atoms with E-state index in [4.69, 9.17) is 24.1 Å². The molecule has 0 fully saturated rings. The van der Waals surface area contributed by atoms with Crippen molar-refractivity contribution in [1.82, 2.24) is 0 Å². The van der Waals surface area contributed by atoms with Crippen LogP contribution >= 0.6 is 0 Å². The number of ether oxygens (including phenoxy) is 5. The van der Waals surface area contributed by atoms with E-state index >= 15 is 0 Å². The number of carbonyl (C=O) groups is 5. The molecule has 1 N–H and O–H groups in total. The molecule has 1 aromatic rings. The largest absolute Gasteiger partial charge is 0.479 e. The van der Waals surface area contributed by atoms with E-state index in [1.165, 1.54) is 27.7 Å². The highest BCUT2D eigenvalue weighted by Gasteiger charge is 2.30. The predicted octanol–water partition coefficient (Wildman–Crippen LogP) is 1.40. The fourth-order valence-electron chi connectivity index (χ4n) is 2.14. The molecule has 11 heteroatoms. The number of esters is 4.